The first-order valence-electron chi connectivity index (χ1n) is 8.85. The Kier molecular flexibility index (Phi) is 9.32. The van der Waals surface area contributed by atoms with Crippen LogP contribution >= 0.6 is 23.3 Å². The second-order valence-electron chi connectivity index (χ2n) is 5.56. The molecule has 0 unspecified atom stereocenters. The van der Waals surface area contributed by atoms with Gasteiger partial charge in [-0.1, -0.05) is 37.9 Å². The first-order chi connectivity index (χ1) is 12.6. The fourth-order valence-electron chi connectivity index (χ4n) is 3.04. The third-order valence-corrected chi connectivity index (χ3v) is 5.66. The molecule has 0 aliphatic carbocycles. The van der Waals surface area contributed by atoms with E-state index in [1.165, 1.54) is 37.8 Å². The second-order valence-corrected chi connectivity index (χ2v) is 7.43. The molecule has 2 heterocycles. The fraction of sp³-hybridized carbons (Fsp3) is 0.381. The average Bonchev–Trinajstić information content (AvgIpc) is 3.02. The van der Waals surface area contributed by atoms with Gasteiger partial charge in [-0.15, -0.1) is 11.3 Å². The van der Waals surface area contributed by atoms with Gasteiger partial charge in [0.15, 0.2) is 0 Å². The van der Waals surface area contributed by atoms with E-state index in [4.69, 9.17) is 5.26 Å². The Morgan fingerprint density at radius 1 is 1.23 bits per heavy atom. The molecule has 0 atom stereocenters. The topological polar surface area (TPSA) is 39.1 Å². The Morgan fingerprint density at radius 2 is 1.92 bits per heavy atom. The van der Waals surface area contributed by atoms with E-state index in [1.807, 2.05) is 25.2 Å². The van der Waals surface area contributed by atoms with E-state index in [9.17, 15) is 0 Å². The fourth-order valence-corrected chi connectivity index (χ4v) is 4.48. The number of anilines is 2. The van der Waals surface area contributed by atoms with Crippen LogP contribution in [0.5, 0.6) is 0 Å². The molecule has 1 N–H and O–H groups in total. The summed E-state index contributed by atoms with van der Waals surface area (Å²) in [6, 6.07) is 9.00. The SMILES string of the molecule is C#N.CC.CCN1CC=C(c2sc(C)cc2C)c2ccc(NSC)cc21. The van der Waals surface area contributed by atoms with Crippen molar-refractivity contribution in [2.75, 3.05) is 29.0 Å². The van der Waals surface area contributed by atoms with E-state index in [-0.39, 0.29) is 0 Å². The zero-order valence-electron chi connectivity index (χ0n) is 16.6. The van der Waals surface area contributed by atoms with Crippen LogP contribution in [0.3, 0.4) is 0 Å². The minimum atomic E-state index is 0.984. The van der Waals surface area contributed by atoms with Gasteiger partial charge in [-0.2, -0.15) is 0 Å². The van der Waals surface area contributed by atoms with E-state index in [0.717, 1.165) is 13.1 Å². The number of hydrogen-bond acceptors (Lipinski definition) is 5. The van der Waals surface area contributed by atoms with E-state index >= 15 is 0 Å². The molecule has 0 fully saturated rings. The molecule has 1 aromatic heterocycles. The monoisotopic (exact) mass is 387 g/mol. The highest BCUT2D eigenvalue weighted by Gasteiger charge is 2.21. The highest BCUT2D eigenvalue weighted by atomic mass is 32.2. The Hall–Kier alpha value is -1.90. The molecule has 5 heteroatoms. The zero-order valence-corrected chi connectivity index (χ0v) is 18.2. The molecule has 2 aromatic rings. The molecule has 1 aromatic carbocycles. The largest absolute Gasteiger partial charge is 0.367 e. The predicted octanol–water partition coefficient (Wildman–Crippen LogP) is 6.49. The van der Waals surface area contributed by atoms with Gasteiger partial charge in [0, 0.05) is 52.6 Å². The van der Waals surface area contributed by atoms with Gasteiger partial charge in [-0.3, -0.25) is 0 Å². The third-order valence-electron chi connectivity index (χ3n) is 4.03. The summed E-state index contributed by atoms with van der Waals surface area (Å²) in [6.07, 6.45) is 4.44. The molecule has 1 aliphatic heterocycles. The number of rotatable bonds is 4. The summed E-state index contributed by atoms with van der Waals surface area (Å²) < 4.78 is 3.35. The van der Waals surface area contributed by atoms with Crippen LogP contribution in [-0.2, 0) is 0 Å². The number of hydrogen-bond donors (Lipinski definition) is 1. The maximum absolute atomic E-state index is 6.50. The van der Waals surface area contributed by atoms with Gasteiger partial charge >= 0.3 is 0 Å². The number of fused-ring (bicyclic) bond motifs is 1. The molecule has 140 valence electrons. The molecule has 0 saturated carbocycles. The molecular weight excluding hydrogens is 358 g/mol. The van der Waals surface area contributed by atoms with Crippen molar-refractivity contribution in [3.8, 4) is 6.57 Å². The van der Waals surface area contributed by atoms with Crippen LogP contribution in [0, 0.1) is 25.7 Å². The van der Waals surface area contributed by atoms with Gasteiger partial charge < -0.3 is 9.62 Å². The lowest BCUT2D eigenvalue weighted by Gasteiger charge is -2.30. The Labute approximate surface area is 166 Å². The number of benzene rings is 1. The second kappa shape index (κ2) is 10.9. The van der Waals surface area contributed by atoms with Crippen LogP contribution in [0.4, 0.5) is 11.4 Å². The average molecular weight is 388 g/mol. The minimum absolute atomic E-state index is 0.984. The smallest absolute Gasteiger partial charge is 0.0470 e. The highest BCUT2D eigenvalue weighted by molar-refractivity contribution is 7.99. The van der Waals surface area contributed by atoms with Crippen LogP contribution in [-0.4, -0.2) is 19.3 Å². The summed E-state index contributed by atoms with van der Waals surface area (Å²) in [5, 5.41) is 6.50. The summed E-state index contributed by atoms with van der Waals surface area (Å²) >= 11 is 3.54. The molecule has 0 amide bonds. The van der Waals surface area contributed by atoms with E-state index in [0.29, 0.717) is 0 Å². The van der Waals surface area contributed by atoms with Crippen molar-refractivity contribution in [2.24, 2.45) is 0 Å². The molecule has 26 heavy (non-hydrogen) atoms. The van der Waals surface area contributed by atoms with Gasteiger partial charge in [-0.05, 0) is 50.1 Å². The van der Waals surface area contributed by atoms with Gasteiger partial charge in [0.25, 0.3) is 0 Å². The molecule has 0 bridgehead atoms. The zero-order chi connectivity index (χ0) is 19.7. The van der Waals surface area contributed by atoms with Crippen LogP contribution in [0.2, 0.25) is 0 Å². The molecule has 0 radical (unpaired) electrons. The van der Waals surface area contributed by atoms with Gasteiger partial charge in [-0.25, -0.2) is 5.26 Å². The summed E-state index contributed by atoms with van der Waals surface area (Å²) in [7, 11) is 0. The van der Waals surface area contributed by atoms with Crippen molar-refractivity contribution in [1.29, 1.82) is 5.26 Å². The third kappa shape index (κ3) is 4.84. The first kappa shape index (κ1) is 22.1. The van der Waals surface area contributed by atoms with E-state index < -0.39 is 0 Å². The number of nitrogens with zero attached hydrogens (tertiary/aromatic N) is 2. The van der Waals surface area contributed by atoms with Crippen molar-refractivity contribution < 1.29 is 0 Å². The van der Waals surface area contributed by atoms with Crippen molar-refractivity contribution >= 4 is 40.2 Å². The number of nitrogens with one attached hydrogen (secondary N) is 1. The normalized spacial score (nSPS) is 12.0. The summed E-state index contributed by atoms with van der Waals surface area (Å²) in [4.78, 5) is 5.23. The van der Waals surface area contributed by atoms with Crippen LogP contribution in [0.1, 0.15) is 41.7 Å². The molecule has 0 spiro atoms. The number of thiophene rings is 1. The number of aryl methyl sites for hydroxylation is 2. The molecule has 0 saturated heterocycles. The molecule has 3 nitrogen and oxygen atoms in total. The lowest BCUT2D eigenvalue weighted by Crippen LogP contribution is -2.26. The van der Waals surface area contributed by atoms with Crippen molar-refractivity contribution in [2.45, 2.75) is 34.6 Å². The first-order valence-corrected chi connectivity index (χ1v) is 10.9. The number of likely N-dealkylation sites (N-methyl/N-ethyl adjacent to an activating group) is 1. The van der Waals surface area contributed by atoms with Gasteiger partial charge in [0.05, 0.1) is 0 Å². The van der Waals surface area contributed by atoms with Crippen LogP contribution < -0.4 is 9.62 Å². The minimum Gasteiger partial charge on any atom is -0.367 e. The maximum atomic E-state index is 6.50. The Balaban J connectivity index is 0.000000791. The number of nitriles is 1. The lowest BCUT2D eigenvalue weighted by atomic mass is 9.95. The summed E-state index contributed by atoms with van der Waals surface area (Å²) in [5.41, 5.74) is 6.64. The predicted molar refractivity (Wildman–Crippen MR) is 120 cm³/mol. The molecular formula is C21H29N3S2. The molecule has 1 aliphatic rings. The van der Waals surface area contributed by atoms with Gasteiger partial charge in [0.1, 0.15) is 0 Å². The van der Waals surface area contributed by atoms with Crippen LogP contribution in [0.25, 0.3) is 5.57 Å². The lowest BCUT2D eigenvalue weighted by molar-refractivity contribution is 0.896. The standard InChI is InChI=1S/C18H22N2S2.C2H6.CHN/c1-5-20-9-8-16(18-12(2)10-13(3)22-18)15-7-6-14(19-21-4)11-17(15)20;2*1-2/h6-8,10-11,19H,5,9H2,1-4H3;1-2H3;1H. The van der Waals surface area contributed by atoms with E-state index in [1.54, 1.807) is 11.9 Å². The van der Waals surface area contributed by atoms with E-state index in [2.05, 4.69) is 73.6 Å². The Morgan fingerprint density at radius 3 is 2.46 bits per heavy atom. The molecule has 3 rings (SSSR count). The quantitative estimate of drug-likeness (QED) is 0.608. The highest BCUT2D eigenvalue weighted by Crippen LogP contribution is 2.40. The maximum Gasteiger partial charge on any atom is 0.0470 e. The van der Waals surface area contributed by atoms with Gasteiger partial charge in [0.2, 0.25) is 0 Å². The van der Waals surface area contributed by atoms with Crippen LogP contribution in [0.15, 0.2) is 30.3 Å². The van der Waals surface area contributed by atoms with Crippen molar-refractivity contribution in [1.82, 2.24) is 0 Å². The summed E-state index contributed by atoms with van der Waals surface area (Å²) in [6.45, 7) is 16.1. The summed E-state index contributed by atoms with van der Waals surface area (Å²) in [5.74, 6) is 0. The Bertz CT molecular complexity index is 760. The van der Waals surface area contributed by atoms with Crippen molar-refractivity contribution in [3.05, 3.63) is 51.2 Å². The van der Waals surface area contributed by atoms with Crippen molar-refractivity contribution in [3.63, 3.8) is 0 Å².